The van der Waals surface area contributed by atoms with Crippen LogP contribution >= 0.6 is 34.8 Å². The van der Waals surface area contributed by atoms with Crippen molar-refractivity contribution in [3.8, 4) is 5.75 Å². The molecule has 0 heterocycles. The molecule has 0 saturated carbocycles. The van der Waals surface area contributed by atoms with E-state index in [4.69, 9.17) is 44.6 Å². The highest BCUT2D eigenvalue weighted by Crippen LogP contribution is 2.35. The van der Waals surface area contributed by atoms with Gasteiger partial charge in [-0.25, -0.2) is 0 Å². The molecule has 0 aliphatic carbocycles. The van der Waals surface area contributed by atoms with Crippen LogP contribution in [0.1, 0.15) is 11.1 Å². The highest BCUT2D eigenvalue weighted by Gasteiger charge is 2.12. The van der Waals surface area contributed by atoms with E-state index in [-0.39, 0.29) is 23.1 Å². The summed E-state index contributed by atoms with van der Waals surface area (Å²) in [5.74, 6) is -0.641. The van der Waals surface area contributed by atoms with Crippen LogP contribution in [-0.4, -0.2) is 18.1 Å². The van der Waals surface area contributed by atoms with Gasteiger partial charge in [0.25, 0.3) is 0 Å². The van der Waals surface area contributed by atoms with Crippen LogP contribution in [0.3, 0.4) is 0 Å². The lowest BCUT2D eigenvalue weighted by molar-refractivity contribution is -0.136. The third-order valence-electron chi connectivity index (χ3n) is 3.04. The van der Waals surface area contributed by atoms with Crippen molar-refractivity contribution in [3.05, 3.63) is 56.5 Å². The Morgan fingerprint density at radius 1 is 1.09 bits per heavy atom. The van der Waals surface area contributed by atoms with Crippen molar-refractivity contribution in [1.29, 1.82) is 0 Å². The molecule has 2 N–H and O–H groups in total. The van der Waals surface area contributed by atoms with Gasteiger partial charge in [0.05, 0.1) is 16.5 Å². The van der Waals surface area contributed by atoms with Crippen LogP contribution in [0.2, 0.25) is 15.1 Å². The number of carbonyl (C=O) groups is 1. The first-order chi connectivity index (χ1) is 10.9. The van der Waals surface area contributed by atoms with E-state index in [1.165, 1.54) is 12.1 Å². The van der Waals surface area contributed by atoms with Gasteiger partial charge in [0.2, 0.25) is 0 Å². The first-order valence-electron chi connectivity index (χ1n) is 6.68. The van der Waals surface area contributed by atoms with Gasteiger partial charge in [0.1, 0.15) is 6.61 Å². The Morgan fingerprint density at radius 3 is 2.30 bits per heavy atom. The number of ether oxygens (including phenoxy) is 1. The molecule has 0 saturated heterocycles. The number of anilines is 1. The van der Waals surface area contributed by atoms with E-state index < -0.39 is 5.97 Å². The molecule has 0 amide bonds. The van der Waals surface area contributed by atoms with Crippen molar-refractivity contribution < 1.29 is 14.6 Å². The van der Waals surface area contributed by atoms with Gasteiger partial charge in [-0.3, -0.25) is 4.79 Å². The summed E-state index contributed by atoms with van der Waals surface area (Å²) in [6.45, 7) is 0.229. The van der Waals surface area contributed by atoms with E-state index in [2.05, 4.69) is 5.32 Å². The highest BCUT2D eigenvalue weighted by atomic mass is 35.5. The molecule has 0 unspecified atom stereocenters. The first-order valence-corrected chi connectivity index (χ1v) is 7.82. The summed E-state index contributed by atoms with van der Waals surface area (Å²) < 4.78 is 5.67. The molecule has 0 bridgehead atoms. The summed E-state index contributed by atoms with van der Waals surface area (Å²) >= 11 is 18.3. The summed E-state index contributed by atoms with van der Waals surface area (Å²) in [7, 11) is 1.80. The molecular weight excluding hydrogens is 361 g/mol. The second-order valence-electron chi connectivity index (χ2n) is 4.85. The number of aliphatic carboxylic acids is 1. The lowest BCUT2D eigenvalue weighted by Crippen LogP contribution is -2.02. The number of nitrogens with one attached hydrogen (secondary N) is 1. The predicted octanol–water partition coefficient (Wildman–Crippen LogP) is 4.89. The molecule has 2 rings (SSSR count). The van der Waals surface area contributed by atoms with Gasteiger partial charge in [0.15, 0.2) is 5.75 Å². The zero-order chi connectivity index (χ0) is 17.0. The van der Waals surface area contributed by atoms with Gasteiger partial charge in [-0.05, 0) is 41.5 Å². The van der Waals surface area contributed by atoms with Crippen LogP contribution in [0.5, 0.6) is 5.75 Å². The zero-order valence-corrected chi connectivity index (χ0v) is 14.5. The van der Waals surface area contributed by atoms with Crippen LogP contribution in [0.15, 0.2) is 30.3 Å². The standard InChI is InChI=1S/C16H14Cl3NO3/c1-20-12-3-10(2-11(17)7-12)8-23-16-13(18)4-9(5-14(16)19)6-15(21)22/h2-5,7,20H,6,8H2,1H3,(H,21,22). The number of carboxylic acids is 1. The van der Waals surface area contributed by atoms with Gasteiger partial charge < -0.3 is 15.2 Å². The fraction of sp³-hybridized carbons (Fsp3) is 0.188. The lowest BCUT2D eigenvalue weighted by Gasteiger charge is -2.12. The highest BCUT2D eigenvalue weighted by molar-refractivity contribution is 6.37. The maximum Gasteiger partial charge on any atom is 0.307 e. The number of hydrogen-bond acceptors (Lipinski definition) is 3. The smallest absolute Gasteiger partial charge is 0.307 e. The van der Waals surface area contributed by atoms with E-state index in [1.54, 1.807) is 19.2 Å². The van der Waals surface area contributed by atoms with Gasteiger partial charge in [-0.15, -0.1) is 0 Å². The molecule has 4 nitrogen and oxygen atoms in total. The van der Waals surface area contributed by atoms with Gasteiger partial charge in [0, 0.05) is 17.8 Å². The van der Waals surface area contributed by atoms with E-state index in [0.717, 1.165) is 11.3 Å². The van der Waals surface area contributed by atoms with Crippen LogP contribution in [0.25, 0.3) is 0 Å². The molecule has 0 aromatic heterocycles. The van der Waals surface area contributed by atoms with Crippen LogP contribution in [-0.2, 0) is 17.8 Å². The van der Waals surface area contributed by atoms with E-state index in [9.17, 15) is 4.79 Å². The van der Waals surface area contributed by atoms with Crippen molar-refractivity contribution in [2.75, 3.05) is 12.4 Å². The van der Waals surface area contributed by atoms with Crippen LogP contribution in [0, 0.1) is 0 Å². The van der Waals surface area contributed by atoms with Crippen molar-refractivity contribution in [1.82, 2.24) is 0 Å². The fourth-order valence-corrected chi connectivity index (χ4v) is 2.96. The van der Waals surface area contributed by atoms with E-state index in [0.29, 0.717) is 16.3 Å². The Labute approximate surface area is 148 Å². The van der Waals surface area contributed by atoms with Crippen LogP contribution < -0.4 is 10.1 Å². The maximum absolute atomic E-state index is 10.7. The number of rotatable bonds is 6. The Balaban J connectivity index is 2.17. The first kappa shape index (κ1) is 17.7. The van der Waals surface area contributed by atoms with Gasteiger partial charge in [-0.2, -0.15) is 0 Å². The van der Waals surface area contributed by atoms with E-state index in [1.807, 2.05) is 6.07 Å². The molecule has 7 heteroatoms. The van der Waals surface area contributed by atoms with Crippen molar-refractivity contribution in [2.24, 2.45) is 0 Å². The van der Waals surface area contributed by atoms with Crippen molar-refractivity contribution in [2.45, 2.75) is 13.0 Å². The molecule has 122 valence electrons. The zero-order valence-electron chi connectivity index (χ0n) is 12.2. The summed E-state index contributed by atoms with van der Waals surface area (Å²) in [6.07, 6.45) is -0.153. The monoisotopic (exact) mass is 373 g/mol. The second kappa shape index (κ2) is 7.77. The topological polar surface area (TPSA) is 58.6 Å². The Bertz CT molecular complexity index is 712. The third-order valence-corrected chi connectivity index (χ3v) is 3.82. The predicted molar refractivity (Wildman–Crippen MR) is 93.1 cm³/mol. The quantitative estimate of drug-likeness (QED) is 0.755. The summed E-state index contributed by atoms with van der Waals surface area (Å²) in [6, 6.07) is 8.54. The third kappa shape index (κ3) is 4.93. The molecule has 0 spiro atoms. The molecule has 23 heavy (non-hydrogen) atoms. The summed E-state index contributed by atoms with van der Waals surface area (Å²) in [5.41, 5.74) is 2.23. The largest absolute Gasteiger partial charge is 0.486 e. The molecule has 0 atom stereocenters. The average Bonchev–Trinajstić information content (AvgIpc) is 2.45. The van der Waals surface area contributed by atoms with Gasteiger partial charge in [-0.1, -0.05) is 34.8 Å². The molecule has 0 radical (unpaired) electrons. The molecule has 2 aromatic carbocycles. The van der Waals surface area contributed by atoms with Crippen molar-refractivity contribution >= 4 is 46.5 Å². The lowest BCUT2D eigenvalue weighted by atomic mass is 10.1. The fourth-order valence-electron chi connectivity index (χ4n) is 2.06. The molecule has 0 aliphatic heterocycles. The maximum atomic E-state index is 10.7. The van der Waals surface area contributed by atoms with Crippen LogP contribution in [0.4, 0.5) is 5.69 Å². The minimum atomic E-state index is -0.954. The normalized spacial score (nSPS) is 10.4. The Kier molecular flexibility index (Phi) is 5.99. The Morgan fingerprint density at radius 2 is 1.74 bits per heavy atom. The van der Waals surface area contributed by atoms with E-state index >= 15 is 0 Å². The minimum absolute atomic E-state index is 0.153. The molecule has 0 aliphatic rings. The SMILES string of the molecule is CNc1cc(Cl)cc(COc2c(Cl)cc(CC(=O)O)cc2Cl)c1. The number of carboxylic acid groups (broad SMARTS) is 1. The minimum Gasteiger partial charge on any atom is -0.486 e. The second-order valence-corrected chi connectivity index (χ2v) is 6.10. The molecular formula is C16H14Cl3NO3. The molecule has 0 fully saturated rings. The number of benzene rings is 2. The Hall–Kier alpha value is -1.62. The number of halogens is 3. The average molecular weight is 375 g/mol. The summed E-state index contributed by atoms with van der Waals surface area (Å²) in [4.78, 5) is 10.7. The summed E-state index contributed by atoms with van der Waals surface area (Å²) in [5, 5.41) is 12.9. The van der Waals surface area contributed by atoms with Gasteiger partial charge >= 0.3 is 5.97 Å². The molecule has 2 aromatic rings. The number of hydrogen-bond donors (Lipinski definition) is 2. The van der Waals surface area contributed by atoms with Crippen molar-refractivity contribution in [3.63, 3.8) is 0 Å².